The second kappa shape index (κ2) is 10.4. The predicted octanol–water partition coefficient (Wildman–Crippen LogP) is 3.19. The Hall–Kier alpha value is -2.53. The first-order valence-corrected chi connectivity index (χ1v) is 13.4. The minimum atomic E-state index is -3.66. The van der Waals surface area contributed by atoms with Gasteiger partial charge in [0.15, 0.2) is 4.80 Å². The SMILES string of the molecule is COCCn1c(=NC(=O)C2CCCN(S(=O)(=O)c3ccc(C)cc3)C2)sc2cc(OC)ccc21. The molecule has 10 heteroatoms. The quantitative estimate of drug-likeness (QED) is 0.494. The topological polar surface area (TPSA) is 90.2 Å². The van der Waals surface area contributed by atoms with E-state index in [0.29, 0.717) is 37.3 Å². The van der Waals surface area contributed by atoms with Crippen LogP contribution in [0.1, 0.15) is 18.4 Å². The number of hydrogen-bond acceptors (Lipinski definition) is 6. The third-order valence-electron chi connectivity index (χ3n) is 6.01. The number of carbonyl (C=O) groups excluding carboxylic acids is 1. The number of amides is 1. The van der Waals surface area contributed by atoms with E-state index < -0.39 is 15.9 Å². The molecule has 1 unspecified atom stereocenters. The number of ether oxygens (including phenoxy) is 2. The van der Waals surface area contributed by atoms with Crippen LogP contribution in [-0.2, 0) is 26.1 Å². The zero-order valence-corrected chi connectivity index (χ0v) is 21.2. The summed E-state index contributed by atoms with van der Waals surface area (Å²) in [5.74, 6) is -0.0483. The number of benzene rings is 2. The molecule has 1 amide bonds. The molecule has 1 atom stereocenters. The van der Waals surface area contributed by atoms with Gasteiger partial charge in [-0.2, -0.15) is 9.30 Å². The van der Waals surface area contributed by atoms with Gasteiger partial charge in [-0.15, -0.1) is 0 Å². The molecule has 1 fully saturated rings. The van der Waals surface area contributed by atoms with Crippen molar-refractivity contribution in [3.8, 4) is 5.75 Å². The smallest absolute Gasteiger partial charge is 0.252 e. The van der Waals surface area contributed by atoms with Crippen LogP contribution in [0.15, 0.2) is 52.4 Å². The van der Waals surface area contributed by atoms with Crippen molar-refractivity contribution < 1.29 is 22.7 Å². The van der Waals surface area contributed by atoms with E-state index in [1.54, 1.807) is 38.5 Å². The fourth-order valence-corrected chi connectivity index (χ4v) is 6.69. The molecule has 0 aliphatic carbocycles. The minimum absolute atomic E-state index is 0.134. The van der Waals surface area contributed by atoms with Gasteiger partial charge < -0.3 is 14.0 Å². The molecule has 1 aliphatic rings. The maximum atomic E-state index is 13.2. The van der Waals surface area contributed by atoms with E-state index in [1.165, 1.54) is 15.6 Å². The van der Waals surface area contributed by atoms with Gasteiger partial charge in [-0.05, 0) is 50.1 Å². The highest BCUT2D eigenvalue weighted by Crippen LogP contribution is 2.26. The number of carbonyl (C=O) groups is 1. The fraction of sp³-hybridized carbons (Fsp3) is 0.417. The Morgan fingerprint density at radius 2 is 1.94 bits per heavy atom. The van der Waals surface area contributed by atoms with Crippen molar-refractivity contribution in [3.63, 3.8) is 0 Å². The molecule has 4 rings (SSSR count). The Balaban J connectivity index is 1.62. The molecule has 0 N–H and O–H groups in total. The van der Waals surface area contributed by atoms with Gasteiger partial charge in [-0.25, -0.2) is 8.42 Å². The number of sulfonamides is 1. The zero-order chi connectivity index (χ0) is 24.3. The number of hydrogen-bond donors (Lipinski definition) is 0. The number of fused-ring (bicyclic) bond motifs is 1. The van der Waals surface area contributed by atoms with E-state index in [1.807, 2.05) is 29.7 Å². The molecule has 2 aromatic carbocycles. The van der Waals surface area contributed by atoms with Gasteiger partial charge in [-0.3, -0.25) is 4.79 Å². The summed E-state index contributed by atoms with van der Waals surface area (Å²) >= 11 is 1.41. The molecule has 0 radical (unpaired) electrons. The molecule has 34 heavy (non-hydrogen) atoms. The van der Waals surface area contributed by atoms with Gasteiger partial charge in [0, 0.05) is 26.7 Å². The number of piperidine rings is 1. The molecule has 3 aromatic rings. The lowest BCUT2D eigenvalue weighted by Gasteiger charge is -2.30. The van der Waals surface area contributed by atoms with Crippen LogP contribution in [0.2, 0.25) is 0 Å². The van der Waals surface area contributed by atoms with Crippen LogP contribution in [0.3, 0.4) is 0 Å². The summed E-state index contributed by atoms with van der Waals surface area (Å²) in [4.78, 5) is 18.5. The Labute approximate surface area is 203 Å². The van der Waals surface area contributed by atoms with Crippen molar-refractivity contribution in [1.29, 1.82) is 0 Å². The lowest BCUT2D eigenvalue weighted by molar-refractivity contribution is -0.122. The largest absolute Gasteiger partial charge is 0.497 e. The normalized spacial score (nSPS) is 17.9. The van der Waals surface area contributed by atoms with Crippen LogP contribution in [-0.4, -0.2) is 57.1 Å². The van der Waals surface area contributed by atoms with Crippen LogP contribution in [0.4, 0.5) is 0 Å². The summed E-state index contributed by atoms with van der Waals surface area (Å²) in [5, 5.41) is 0. The van der Waals surface area contributed by atoms with Gasteiger partial charge in [0.2, 0.25) is 10.0 Å². The lowest BCUT2D eigenvalue weighted by Crippen LogP contribution is -2.42. The number of aromatic nitrogens is 1. The Bertz CT molecular complexity index is 1340. The van der Waals surface area contributed by atoms with Gasteiger partial charge in [0.25, 0.3) is 5.91 Å². The van der Waals surface area contributed by atoms with Crippen molar-refractivity contribution in [2.24, 2.45) is 10.9 Å². The minimum Gasteiger partial charge on any atom is -0.497 e. The molecule has 0 bridgehead atoms. The summed E-state index contributed by atoms with van der Waals surface area (Å²) in [6, 6.07) is 12.5. The molecule has 1 aromatic heterocycles. The maximum absolute atomic E-state index is 13.2. The third-order valence-corrected chi connectivity index (χ3v) is 8.93. The Morgan fingerprint density at radius 3 is 2.65 bits per heavy atom. The number of nitrogens with zero attached hydrogens (tertiary/aromatic N) is 3. The van der Waals surface area contributed by atoms with Crippen molar-refractivity contribution in [2.45, 2.75) is 31.2 Å². The van der Waals surface area contributed by atoms with E-state index in [-0.39, 0.29) is 17.3 Å². The lowest BCUT2D eigenvalue weighted by atomic mass is 9.99. The van der Waals surface area contributed by atoms with Crippen molar-refractivity contribution in [3.05, 3.63) is 52.8 Å². The average Bonchev–Trinajstić information content (AvgIpc) is 3.18. The molecule has 182 valence electrons. The fourth-order valence-electron chi connectivity index (χ4n) is 4.07. The molecular weight excluding hydrogens is 474 g/mol. The molecule has 1 aliphatic heterocycles. The summed E-state index contributed by atoms with van der Waals surface area (Å²) in [7, 11) is -0.417. The molecule has 0 spiro atoms. The van der Waals surface area contributed by atoms with Crippen molar-refractivity contribution in [1.82, 2.24) is 8.87 Å². The molecular formula is C24H29N3O5S2. The summed E-state index contributed by atoms with van der Waals surface area (Å²) in [6.45, 7) is 3.47. The molecule has 8 nitrogen and oxygen atoms in total. The predicted molar refractivity (Wildman–Crippen MR) is 131 cm³/mol. The standard InChI is InChI=1S/C24H29N3O5S2/c1-17-6-9-20(10-7-17)34(29,30)26-12-4-5-18(16-26)23(28)25-24-27(13-14-31-2)21-11-8-19(32-3)15-22(21)33-24/h6-11,15,18H,4-5,12-14,16H2,1-3H3. The van der Waals surface area contributed by atoms with E-state index >= 15 is 0 Å². The van der Waals surface area contributed by atoms with Gasteiger partial charge >= 0.3 is 0 Å². The molecule has 1 saturated heterocycles. The van der Waals surface area contributed by atoms with Crippen LogP contribution in [0, 0.1) is 12.8 Å². The van der Waals surface area contributed by atoms with E-state index in [2.05, 4.69) is 4.99 Å². The van der Waals surface area contributed by atoms with Crippen LogP contribution < -0.4 is 9.54 Å². The van der Waals surface area contributed by atoms with Crippen LogP contribution in [0.25, 0.3) is 10.2 Å². The van der Waals surface area contributed by atoms with E-state index in [4.69, 9.17) is 9.47 Å². The summed E-state index contributed by atoms with van der Waals surface area (Å²) in [5.41, 5.74) is 1.94. The van der Waals surface area contributed by atoms with Gasteiger partial charge in [0.05, 0.1) is 34.7 Å². The third kappa shape index (κ3) is 5.10. The highest BCUT2D eigenvalue weighted by Gasteiger charge is 2.33. The van der Waals surface area contributed by atoms with E-state index in [9.17, 15) is 13.2 Å². The maximum Gasteiger partial charge on any atom is 0.252 e. The van der Waals surface area contributed by atoms with Crippen LogP contribution in [0.5, 0.6) is 5.75 Å². The highest BCUT2D eigenvalue weighted by atomic mass is 32.2. The average molecular weight is 504 g/mol. The monoisotopic (exact) mass is 503 g/mol. The molecule has 2 heterocycles. The van der Waals surface area contributed by atoms with Gasteiger partial charge in [-0.1, -0.05) is 29.0 Å². The number of aryl methyl sites for hydroxylation is 1. The zero-order valence-electron chi connectivity index (χ0n) is 19.6. The first-order chi connectivity index (χ1) is 16.3. The number of rotatable bonds is 7. The first kappa shape index (κ1) is 24.6. The van der Waals surface area contributed by atoms with Crippen molar-refractivity contribution in [2.75, 3.05) is 33.9 Å². The summed E-state index contributed by atoms with van der Waals surface area (Å²) < 4.78 is 41.2. The van der Waals surface area contributed by atoms with Crippen molar-refractivity contribution >= 4 is 37.5 Å². The first-order valence-electron chi connectivity index (χ1n) is 11.1. The Morgan fingerprint density at radius 1 is 1.18 bits per heavy atom. The summed E-state index contributed by atoms with van der Waals surface area (Å²) in [6.07, 6.45) is 1.23. The second-order valence-electron chi connectivity index (χ2n) is 8.33. The highest BCUT2D eigenvalue weighted by molar-refractivity contribution is 7.89. The Kier molecular flexibility index (Phi) is 7.51. The van der Waals surface area contributed by atoms with Crippen LogP contribution >= 0.6 is 11.3 Å². The van der Waals surface area contributed by atoms with E-state index in [0.717, 1.165) is 21.5 Å². The second-order valence-corrected chi connectivity index (χ2v) is 11.3. The number of thiazole rings is 1. The molecule has 0 saturated carbocycles. The van der Waals surface area contributed by atoms with Gasteiger partial charge in [0.1, 0.15) is 5.75 Å². The number of methoxy groups -OCH3 is 2.